The van der Waals surface area contributed by atoms with E-state index in [1.807, 2.05) is 24.3 Å². The Morgan fingerprint density at radius 1 is 1.04 bits per heavy atom. The van der Waals surface area contributed by atoms with E-state index in [0.717, 1.165) is 16.0 Å². The highest BCUT2D eigenvalue weighted by atomic mass is 35.5. The zero-order valence-corrected chi connectivity index (χ0v) is 14.8. The van der Waals surface area contributed by atoms with E-state index in [2.05, 4.69) is 10.1 Å². The average molecular weight is 383 g/mol. The Balaban J connectivity index is 1.76. The molecule has 0 radical (unpaired) electrons. The second-order valence-corrected chi connectivity index (χ2v) is 6.70. The van der Waals surface area contributed by atoms with Crippen LogP contribution in [-0.2, 0) is 0 Å². The van der Waals surface area contributed by atoms with Gasteiger partial charge in [-0.25, -0.2) is 4.98 Å². The molecule has 26 heavy (non-hydrogen) atoms. The van der Waals surface area contributed by atoms with Crippen LogP contribution in [0.3, 0.4) is 0 Å². The molecule has 0 fully saturated rings. The summed E-state index contributed by atoms with van der Waals surface area (Å²) in [5.41, 5.74) is 0.975. The van der Waals surface area contributed by atoms with Gasteiger partial charge in [0.05, 0.1) is 27.7 Å². The highest BCUT2D eigenvalue weighted by Gasteiger charge is 2.13. The molecule has 6 nitrogen and oxygen atoms in total. The third-order valence-corrected chi connectivity index (χ3v) is 5.10. The van der Waals surface area contributed by atoms with E-state index in [9.17, 15) is 9.59 Å². The molecular weight excluding hydrogens is 372 g/mol. The molecule has 8 heteroatoms. The molecular formula is C18H11ClN4O2S. The van der Waals surface area contributed by atoms with Crippen molar-refractivity contribution in [1.82, 2.24) is 14.2 Å². The monoisotopic (exact) mass is 382 g/mol. The van der Waals surface area contributed by atoms with Crippen LogP contribution in [0.4, 0.5) is 0 Å². The predicted octanol–water partition coefficient (Wildman–Crippen LogP) is 3.14. The second kappa shape index (κ2) is 6.70. The van der Waals surface area contributed by atoms with Crippen LogP contribution < -0.4 is 10.4 Å². The Morgan fingerprint density at radius 2 is 1.77 bits per heavy atom. The highest BCUT2D eigenvalue weighted by molar-refractivity contribution is 7.11. The van der Waals surface area contributed by atoms with E-state index in [1.54, 1.807) is 30.3 Å². The zero-order chi connectivity index (χ0) is 18.1. The van der Waals surface area contributed by atoms with Crippen LogP contribution in [0.1, 0.15) is 4.88 Å². The van der Waals surface area contributed by atoms with Crippen molar-refractivity contribution in [3.8, 4) is 5.69 Å². The largest absolute Gasteiger partial charge is 0.313 e. The van der Waals surface area contributed by atoms with Gasteiger partial charge in [-0.05, 0) is 24.3 Å². The van der Waals surface area contributed by atoms with Crippen molar-refractivity contribution < 1.29 is 0 Å². The van der Waals surface area contributed by atoms with E-state index in [1.165, 1.54) is 17.1 Å². The molecule has 0 aliphatic carbocycles. The van der Waals surface area contributed by atoms with Crippen LogP contribution in [0, 0.1) is 0 Å². The fourth-order valence-corrected chi connectivity index (χ4v) is 3.64. The lowest BCUT2D eigenvalue weighted by molar-refractivity contribution is 0.817. The molecule has 0 unspecified atom stereocenters. The minimum Gasteiger partial charge on any atom is -0.267 e. The first kappa shape index (κ1) is 16.4. The number of fused-ring (bicyclic) bond motifs is 1. The lowest BCUT2D eigenvalue weighted by Crippen LogP contribution is -2.16. The number of hydrogen-bond acceptors (Lipinski definition) is 5. The smallest absolute Gasteiger partial charge is 0.267 e. The highest BCUT2D eigenvalue weighted by Crippen LogP contribution is 2.21. The van der Waals surface area contributed by atoms with Crippen molar-refractivity contribution in [2.24, 2.45) is 5.10 Å². The number of halogens is 1. The van der Waals surface area contributed by atoms with Crippen molar-refractivity contribution in [2.75, 3.05) is 0 Å². The summed E-state index contributed by atoms with van der Waals surface area (Å²) in [4.78, 5) is 29.1. The van der Waals surface area contributed by atoms with Crippen LogP contribution >= 0.6 is 22.9 Å². The Morgan fingerprint density at radius 3 is 2.58 bits per heavy atom. The van der Waals surface area contributed by atoms with Crippen LogP contribution in [0.5, 0.6) is 0 Å². The number of benzene rings is 2. The number of para-hydroxylation sites is 2. The third-order valence-electron chi connectivity index (χ3n) is 3.74. The van der Waals surface area contributed by atoms with Crippen molar-refractivity contribution in [3.63, 3.8) is 0 Å². The summed E-state index contributed by atoms with van der Waals surface area (Å²) in [6.07, 6.45) is 2.73. The molecule has 2 aromatic carbocycles. The van der Waals surface area contributed by atoms with Gasteiger partial charge in [0.1, 0.15) is 11.5 Å². The van der Waals surface area contributed by atoms with Crippen LogP contribution in [0.2, 0.25) is 5.15 Å². The lowest BCUT2D eigenvalue weighted by Gasteiger charge is -2.02. The maximum absolute atomic E-state index is 12.4. The molecule has 0 N–H and O–H groups in total. The van der Waals surface area contributed by atoms with Gasteiger partial charge in [0.25, 0.3) is 5.56 Å². The third kappa shape index (κ3) is 2.87. The average Bonchev–Trinajstić information content (AvgIpc) is 2.95. The van der Waals surface area contributed by atoms with Gasteiger partial charge in [0, 0.05) is 0 Å². The molecule has 0 bridgehead atoms. The Hall–Kier alpha value is -3.03. The molecule has 128 valence electrons. The van der Waals surface area contributed by atoms with Crippen molar-refractivity contribution in [1.29, 1.82) is 0 Å². The summed E-state index contributed by atoms with van der Waals surface area (Å²) in [5, 5.41) is 4.84. The summed E-state index contributed by atoms with van der Waals surface area (Å²) >= 11 is 7.30. The molecule has 2 heterocycles. The molecule has 0 aliphatic rings. The van der Waals surface area contributed by atoms with Crippen molar-refractivity contribution in [3.05, 3.63) is 91.0 Å². The number of nitrogens with zero attached hydrogens (tertiary/aromatic N) is 4. The van der Waals surface area contributed by atoms with E-state index < -0.39 is 0 Å². The van der Waals surface area contributed by atoms with Gasteiger partial charge in [-0.3, -0.25) is 14.2 Å². The SMILES string of the molecule is O=c1c2ccccc2ncn1/N=C/c1sc(=O)n(-c2ccccc2)c1Cl. The minimum absolute atomic E-state index is 0.230. The summed E-state index contributed by atoms with van der Waals surface area (Å²) in [6, 6.07) is 16.1. The first-order chi connectivity index (χ1) is 12.6. The first-order valence-electron chi connectivity index (χ1n) is 7.62. The number of aromatic nitrogens is 3. The quantitative estimate of drug-likeness (QED) is 0.511. The summed E-state index contributed by atoms with van der Waals surface area (Å²) in [5.74, 6) is 0. The van der Waals surface area contributed by atoms with E-state index in [0.29, 0.717) is 21.5 Å². The van der Waals surface area contributed by atoms with Gasteiger partial charge in [-0.1, -0.05) is 53.3 Å². The van der Waals surface area contributed by atoms with Crippen LogP contribution in [0.25, 0.3) is 16.6 Å². The Kier molecular flexibility index (Phi) is 4.24. The Labute approximate surface area is 156 Å². The first-order valence-corrected chi connectivity index (χ1v) is 8.82. The minimum atomic E-state index is -0.294. The maximum Gasteiger partial charge on any atom is 0.313 e. The molecule has 0 atom stereocenters. The van der Waals surface area contributed by atoms with Gasteiger partial charge in [-0.2, -0.15) is 9.78 Å². The van der Waals surface area contributed by atoms with Crippen LogP contribution in [-0.4, -0.2) is 20.4 Å². The molecule has 2 aromatic heterocycles. The van der Waals surface area contributed by atoms with Gasteiger partial charge < -0.3 is 0 Å². The van der Waals surface area contributed by atoms with Gasteiger partial charge in [-0.15, -0.1) is 0 Å². The zero-order valence-electron chi connectivity index (χ0n) is 13.2. The van der Waals surface area contributed by atoms with Crippen LogP contribution in [0.15, 0.2) is 75.6 Å². The summed E-state index contributed by atoms with van der Waals surface area (Å²) < 4.78 is 2.52. The van der Waals surface area contributed by atoms with Gasteiger partial charge >= 0.3 is 4.87 Å². The number of hydrogen-bond donors (Lipinski definition) is 0. The molecule has 0 aliphatic heterocycles. The summed E-state index contributed by atoms with van der Waals surface area (Å²) in [6.45, 7) is 0. The molecule has 4 aromatic rings. The molecule has 0 saturated heterocycles. The fourth-order valence-electron chi connectivity index (χ4n) is 2.50. The number of thiazole rings is 1. The molecule has 0 saturated carbocycles. The Bertz CT molecular complexity index is 1240. The fraction of sp³-hybridized carbons (Fsp3) is 0. The topological polar surface area (TPSA) is 69.2 Å². The molecule has 4 rings (SSSR count). The van der Waals surface area contributed by atoms with E-state index >= 15 is 0 Å². The standard InChI is InChI=1S/C18H11ClN4O2S/c19-16-15(26-18(25)23(16)12-6-2-1-3-7-12)10-21-22-11-20-14-9-5-4-8-13(14)17(22)24/h1-11H/b21-10+. The van der Waals surface area contributed by atoms with Gasteiger partial charge in [0.2, 0.25) is 0 Å². The molecule has 0 amide bonds. The second-order valence-electron chi connectivity index (χ2n) is 5.35. The van der Waals surface area contributed by atoms with E-state index in [-0.39, 0.29) is 15.6 Å². The maximum atomic E-state index is 12.4. The van der Waals surface area contributed by atoms with Crippen molar-refractivity contribution >= 4 is 40.1 Å². The number of rotatable bonds is 3. The van der Waals surface area contributed by atoms with Crippen molar-refractivity contribution in [2.45, 2.75) is 0 Å². The van der Waals surface area contributed by atoms with E-state index in [4.69, 9.17) is 11.6 Å². The molecule has 0 spiro atoms. The van der Waals surface area contributed by atoms with Gasteiger partial charge in [0.15, 0.2) is 0 Å². The predicted molar refractivity (Wildman–Crippen MR) is 104 cm³/mol. The summed E-state index contributed by atoms with van der Waals surface area (Å²) in [7, 11) is 0. The lowest BCUT2D eigenvalue weighted by atomic mass is 10.2. The normalized spacial score (nSPS) is 11.4.